The highest BCUT2D eigenvalue weighted by Gasteiger charge is 2.15. The average molecular weight is 327 g/mol. The number of aromatic nitrogens is 2. The summed E-state index contributed by atoms with van der Waals surface area (Å²) in [6, 6.07) is 3.56. The summed E-state index contributed by atoms with van der Waals surface area (Å²) >= 11 is 1.99. The number of carboxylic acids is 1. The lowest BCUT2D eigenvalue weighted by Crippen LogP contribution is -2.11. The third kappa shape index (κ3) is 4.07. The molecule has 0 aliphatic rings. The number of benzene rings is 1. The van der Waals surface area contributed by atoms with E-state index in [0.29, 0.717) is 4.34 Å². The molecule has 2 rings (SSSR count). The van der Waals surface area contributed by atoms with E-state index in [-0.39, 0.29) is 27.9 Å². The number of thioether (sulfide) groups is 1. The Bertz CT molecular complexity index is 688. The van der Waals surface area contributed by atoms with E-state index in [2.05, 4.69) is 15.5 Å². The molecule has 0 aliphatic carbocycles. The molecule has 1 aromatic carbocycles. The van der Waals surface area contributed by atoms with Crippen LogP contribution in [0.1, 0.15) is 10.4 Å². The maximum absolute atomic E-state index is 11.9. The number of carbonyl (C=O) groups is 2. The summed E-state index contributed by atoms with van der Waals surface area (Å²) in [6.45, 7) is 0. The fourth-order valence-electron chi connectivity index (χ4n) is 1.31. The number of hydrogen-bond acceptors (Lipinski definition) is 8. The van der Waals surface area contributed by atoms with Gasteiger partial charge in [0.1, 0.15) is 11.5 Å². The topological polar surface area (TPSA) is 133 Å². The number of phenols is 2. The first-order valence-electron chi connectivity index (χ1n) is 5.47. The molecule has 0 saturated heterocycles. The molecule has 0 aliphatic heterocycles. The van der Waals surface area contributed by atoms with E-state index in [9.17, 15) is 19.8 Å². The van der Waals surface area contributed by atoms with Gasteiger partial charge in [-0.25, -0.2) is 0 Å². The van der Waals surface area contributed by atoms with Crippen LogP contribution in [-0.4, -0.2) is 43.1 Å². The number of carboxylic acid groups (broad SMARTS) is 1. The first-order chi connectivity index (χ1) is 9.95. The summed E-state index contributed by atoms with van der Waals surface area (Å²) < 4.78 is 0.396. The molecule has 0 radical (unpaired) electrons. The molecule has 0 spiro atoms. The number of aliphatic carboxylic acids is 1. The molecule has 1 amide bonds. The minimum absolute atomic E-state index is 0.107. The molecule has 1 aromatic heterocycles. The number of anilines is 1. The Labute approximate surface area is 126 Å². The number of amides is 1. The molecular formula is C11H9N3O5S2. The SMILES string of the molecule is O=C(O)CSc1nnc(NC(=O)c2cc(O)ccc2O)s1. The van der Waals surface area contributed by atoms with Gasteiger partial charge in [0, 0.05) is 0 Å². The lowest BCUT2D eigenvalue weighted by molar-refractivity contribution is -0.133. The van der Waals surface area contributed by atoms with Crippen LogP contribution in [0.3, 0.4) is 0 Å². The van der Waals surface area contributed by atoms with Gasteiger partial charge in [-0.2, -0.15) is 0 Å². The summed E-state index contributed by atoms with van der Waals surface area (Å²) in [4.78, 5) is 22.3. The first kappa shape index (κ1) is 15.1. The molecule has 110 valence electrons. The molecule has 0 unspecified atom stereocenters. The highest BCUT2D eigenvalue weighted by molar-refractivity contribution is 8.01. The quantitative estimate of drug-likeness (QED) is 0.368. The van der Waals surface area contributed by atoms with Crippen LogP contribution in [-0.2, 0) is 4.79 Å². The van der Waals surface area contributed by atoms with Crippen molar-refractivity contribution in [1.29, 1.82) is 0 Å². The highest BCUT2D eigenvalue weighted by atomic mass is 32.2. The summed E-state index contributed by atoms with van der Waals surface area (Å²) in [5, 5.41) is 37.4. The number of carbonyl (C=O) groups excluding carboxylic acids is 1. The van der Waals surface area contributed by atoms with Crippen molar-refractivity contribution in [3.63, 3.8) is 0 Å². The van der Waals surface area contributed by atoms with Gasteiger partial charge >= 0.3 is 5.97 Å². The van der Waals surface area contributed by atoms with E-state index in [1.54, 1.807) is 0 Å². The molecule has 0 fully saturated rings. The second-order valence-electron chi connectivity index (χ2n) is 3.71. The van der Waals surface area contributed by atoms with Gasteiger partial charge in [-0.15, -0.1) is 10.2 Å². The lowest BCUT2D eigenvalue weighted by atomic mass is 10.2. The molecule has 0 saturated carbocycles. The molecular weight excluding hydrogens is 318 g/mol. The van der Waals surface area contributed by atoms with Crippen LogP contribution in [0.4, 0.5) is 5.13 Å². The van der Waals surface area contributed by atoms with Gasteiger partial charge in [0.2, 0.25) is 5.13 Å². The van der Waals surface area contributed by atoms with Gasteiger partial charge < -0.3 is 15.3 Å². The van der Waals surface area contributed by atoms with Gasteiger partial charge in [0.05, 0.1) is 11.3 Å². The molecule has 21 heavy (non-hydrogen) atoms. The Morgan fingerprint density at radius 1 is 1.29 bits per heavy atom. The minimum Gasteiger partial charge on any atom is -0.508 e. The fourth-order valence-corrected chi connectivity index (χ4v) is 2.78. The van der Waals surface area contributed by atoms with Crippen molar-refractivity contribution in [1.82, 2.24) is 10.2 Å². The maximum atomic E-state index is 11.9. The smallest absolute Gasteiger partial charge is 0.313 e. The highest BCUT2D eigenvalue weighted by Crippen LogP contribution is 2.27. The molecule has 2 aromatic rings. The maximum Gasteiger partial charge on any atom is 0.313 e. The van der Waals surface area contributed by atoms with E-state index >= 15 is 0 Å². The molecule has 8 nitrogen and oxygen atoms in total. The molecule has 10 heteroatoms. The van der Waals surface area contributed by atoms with Crippen molar-refractivity contribution >= 4 is 40.1 Å². The Morgan fingerprint density at radius 2 is 2.05 bits per heavy atom. The monoisotopic (exact) mass is 327 g/mol. The lowest BCUT2D eigenvalue weighted by Gasteiger charge is -2.04. The Hall–Kier alpha value is -2.33. The first-order valence-corrected chi connectivity index (χ1v) is 7.27. The minimum atomic E-state index is -0.981. The zero-order valence-corrected chi connectivity index (χ0v) is 11.9. The summed E-state index contributed by atoms with van der Waals surface area (Å²) in [7, 11) is 0. The number of rotatable bonds is 5. The average Bonchev–Trinajstić information content (AvgIpc) is 2.86. The van der Waals surface area contributed by atoms with Crippen LogP contribution in [0.15, 0.2) is 22.5 Å². The van der Waals surface area contributed by atoms with Gasteiger partial charge in [0.25, 0.3) is 5.91 Å². The van der Waals surface area contributed by atoms with Crippen LogP contribution in [0.2, 0.25) is 0 Å². The van der Waals surface area contributed by atoms with E-state index < -0.39 is 11.9 Å². The number of nitrogens with zero attached hydrogens (tertiary/aromatic N) is 2. The second-order valence-corrected chi connectivity index (χ2v) is 5.91. The zero-order valence-electron chi connectivity index (χ0n) is 10.3. The third-order valence-corrected chi connectivity index (χ3v) is 4.13. The van der Waals surface area contributed by atoms with Crippen molar-refractivity contribution < 1.29 is 24.9 Å². The van der Waals surface area contributed by atoms with Crippen LogP contribution in [0.5, 0.6) is 11.5 Å². The van der Waals surface area contributed by atoms with E-state index in [1.165, 1.54) is 12.1 Å². The van der Waals surface area contributed by atoms with Crippen molar-refractivity contribution in [2.24, 2.45) is 0 Å². The van der Waals surface area contributed by atoms with Crippen molar-refractivity contribution in [3.8, 4) is 11.5 Å². The van der Waals surface area contributed by atoms with Crippen LogP contribution in [0.25, 0.3) is 0 Å². The van der Waals surface area contributed by atoms with Crippen LogP contribution < -0.4 is 5.32 Å². The van der Waals surface area contributed by atoms with Crippen molar-refractivity contribution in [2.45, 2.75) is 4.34 Å². The van der Waals surface area contributed by atoms with Gasteiger partial charge in [0.15, 0.2) is 4.34 Å². The van der Waals surface area contributed by atoms with Gasteiger partial charge in [-0.3, -0.25) is 14.9 Å². The molecule has 4 N–H and O–H groups in total. The predicted octanol–water partition coefficient (Wildman–Crippen LogP) is 1.38. The zero-order chi connectivity index (χ0) is 15.4. The largest absolute Gasteiger partial charge is 0.508 e. The standard InChI is InChI=1S/C11H9N3O5S2/c15-5-1-2-7(16)6(3-5)9(19)12-10-13-14-11(21-10)20-4-8(17)18/h1-3,15-16H,4H2,(H,17,18)(H,12,13,19). The normalized spacial score (nSPS) is 10.3. The number of nitrogens with one attached hydrogen (secondary N) is 1. The number of aromatic hydroxyl groups is 2. The summed E-state index contributed by atoms with van der Waals surface area (Å²) in [6.07, 6.45) is 0. The number of phenolic OH excluding ortho intramolecular Hbond substituents is 2. The predicted molar refractivity (Wildman–Crippen MR) is 76.0 cm³/mol. The van der Waals surface area contributed by atoms with E-state index in [4.69, 9.17) is 5.11 Å². The van der Waals surface area contributed by atoms with Gasteiger partial charge in [-0.1, -0.05) is 23.1 Å². The molecule has 0 atom stereocenters. The summed E-state index contributed by atoms with van der Waals surface area (Å²) in [5.41, 5.74) is -0.107. The third-order valence-electron chi connectivity index (χ3n) is 2.17. The van der Waals surface area contributed by atoms with Crippen LogP contribution in [0, 0.1) is 0 Å². The molecule has 1 heterocycles. The van der Waals surface area contributed by atoms with E-state index in [0.717, 1.165) is 29.2 Å². The van der Waals surface area contributed by atoms with E-state index in [1.807, 2.05) is 0 Å². The number of hydrogen-bond donors (Lipinski definition) is 4. The van der Waals surface area contributed by atoms with Gasteiger partial charge in [-0.05, 0) is 18.2 Å². The Morgan fingerprint density at radius 3 is 2.76 bits per heavy atom. The van der Waals surface area contributed by atoms with Crippen molar-refractivity contribution in [2.75, 3.05) is 11.1 Å². The van der Waals surface area contributed by atoms with Crippen LogP contribution >= 0.6 is 23.1 Å². The second kappa shape index (κ2) is 6.41. The van der Waals surface area contributed by atoms with Crippen molar-refractivity contribution in [3.05, 3.63) is 23.8 Å². The fraction of sp³-hybridized carbons (Fsp3) is 0.0909. The Balaban J connectivity index is 2.06. The molecule has 0 bridgehead atoms. The Kier molecular flexibility index (Phi) is 4.60. The summed E-state index contributed by atoms with van der Waals surface area (Å²) in [5.74, 6) is -2.24.